The Morgan fingerprint density at radius 3 is 2.61 bits per heavy atom. The molecule has 0 radical (unpaired) electrons. The van der Waals surface area contributed by atoms with Gasteiger partial charge in [-0.25, -0.2) is 4.98 Å². The van der Waals surface area contributed by atoms with E-state index >= 15 is 0 Å². The van der Waals surface area contributed by atoms with Gasteiger partial charge in [-0.15, -0.1) is 0 Å². The van der Waals surface area contributed by atoms with E-state index < -0.39 is 0 Å². The van der Waals surface area contributed by atoms with Crippen LogP contribution in [0.15, 0.2) is 6.20 Å². The molecule has 1 aliphatic heterocycles. The fourth-order valence-corrected chi connectivity index (χ4v) is 3.67. The highest BCUT2D eigenvalue weighted by Gasteiger charge is 2.24. The Morgan fingerprint density at radius 1 is 1.11 bits per heavy atom. The summed E-state index contributed by atoms with van der Waals surface area (Å²) < 4.78 is 2.40. The highest BCUT2D eigenvalue weighted by molar-refractivity contribution is 5.14. The lowest BCUT2D eigenvalue weighted by molar-refractivity contribution is 0.415. The van der Waals surface area contributed by atoms with Crippen LogP contribution < -0.4 is 5.32 Å². The maximum atomic E-state index is 4.74. The molecular formula is C15H25N3. The zero-order valence-electron chi connectivity index (χ0n) is 11.5. The molecule has 1 unspecified atom stereocenters. The van der Waals surface area contributed by atoms with Crippen molar-refractivity contribution in [2.75, 3.05) is 13.1 Å². The molecule has 2 aliphatic rings. The molecule has 1 aromatic heterocycles. The first-order chi connectivity index (χ1) is 8.86. The first kappa shape index (κ1) is 12.2. The minimum Gasteiger partial charge on any atom is -0.335 e. The molecule has 0 aromatic carbocycles. The number of aromatic nitrogens is 2. The Morgan fingerprint density at radius 2 is 1.89 bits per heavy atom. The van der Waals surface area contributed by atoms with Gasteiger partial charge in [0, 0.05) is 37.3 Å². The molecule has 3 nitrogen and oxygen atoms in total. The van der Waals surface area contributed by atoms with Crippen molar-refractivity contribution in [1.29, 1.82) is 0 Å². The summed E-state index contributed by atoms with van der Waals surface area (Å²) in [5.74, 6) is 2.70. The predicted octanol–water partition coefficient (Wildman–Crippen LogP) is 2.93. The molecule has 3 heteroatoms. The topological polar surface area (TPSA) is 29.9 Å². The quantitative estimate of drug-likeness (QED) is 0.871. The van der Waals surface area contributed by atoms with Crippen molar-refractivity contribution in [2.45, 2.75) is 56.8 Å². The molecule has 100 valence electrons. The molecule has 1 atom stereocenters. The lowest BCUT2D eigenvalue weighted by Crippen LogP contribution is -2.30. The van der Waals surface area contributed by atoms with Crippen LogP contribution in [-0.4, -0.2) is 22.6 Å². The summed E-state index contributed by atoms with van der Waals surface area (Å²) in [6, 6.07) is 0. The van der Waals surface area contributed by atoms with Gasteiger partial charge in [0.2, 0.25) is 0 Å². The molecule has 2 heterocycles. The van der Waals surface area contributed by atoms with Gasteiger partial charge in [-0.3, -0.25) is 0 Å². The summed E-state index contributed by atoms with van der Waals surface area (Å²) in [5.41, 5.74) is 1.48. The van der Waals surface area contributed by atoms with Crippen LogP contribution in [0.1, 0.15) is 68.3 Å². The van der Waals surface area contributed by atoms with Crippen molar-refractivity contribution in [2.24, 2.45) is 7.05 Å². The molecular weight excluding hydrogens is 222 g/mol. The summed E-state index contributed by atoms with van der Waals surface area (Å²) in [7, 11) is 2.22. The number of imidazole rings is 1. The lowest BCUT2D eigenvalue weighted by atomic mass is 9.87. The van der Waals surface area contributed by atoms with Crippen LogP contribution in [0.25, 0.3) is 0 Å². The summed E-state index contributed by atoms with van der Waals surface area (Å²) in [4.78, 5) is 4.74. The van der Waals surface area contributed by atoms with Gasteiger partial charge in [-0.05, 0) is 32.2 Å². The van der Waals surface area contributed by atoms with E-state index in [1.54, 1.807) is 0 Å². The van der Waals surface area contributed by atoms with E-state index in [1.165, 1.54) is 63.0 Å². The molecule has 1 aliphatic carbocycles. The van der Waals surface area contributed by atoms with Crippen LogP contribution in [0.2, 0.25) is 0 Å². The van der Waals surface area contributed by atoms with E-state index in [0.717, 1.165) is 12.5 Å². The Kier molecular flexibility index (Phi) is 3.69. The summed E-state index contributed by atoms with van der Waals surface area (Å²) in [5, 5.41) is 3.50. The van der Waals surface area contributed by atoms with Gasteiger partial charge in [0.05, 0.1) is 0 Å². The first-order valence-electron chi connectivity index (χ1n) is 7.58. The van der Waals surface area contributed by atoms with E-state index in [1.807, 2.05) is 0 Å². The zero-order valence-corrected chi connectivity index (χ0v) is 11.5. The highest BCUT2D eigenvalue weighted by atomic mass is 15.1. The maximum Gasteiger partial charge on any atom is 0.113 e. The molecule has 18 heavy (non-hydrogen) atoms. The van der Waals surface area contributed by atoms with Gasteiger partial charge < -0.3 is 9.88 Å². The largest absolute Gasteiger partial charge is 0.335 e. The lowest BCUT2D eigenvalue weighted by Gasteiger charge is -2.25. The van der Waals surface area contributed by atoms with E-state index in [0.29, 0.717) is 5.92 Å². The molecule has 1 saturated carbocycles. The molecule has 2 fully saturated rings. The average molecular weight is 247 g/mol. The van der Waals surface area contributed by atoms with Crippen LogP contribution in [-0.2, 0) is 7.05 Å². The van der Waals surface area contributed by atoms with Crippen LogP contribution in [0, 0.1) is 0 Å². The van der Waals surface area contributed by atoms with E-state index in [2.05, 4.69) is 23.1 Å². The molecule has 1 saturated heterocycles. The minimum atomic E-state index is 0.626. The van der Waals surface area contributed by atoms with Crippen molar-refractivity contribution in [3.63, 3.8) is 0 Å². The Labute approximate surface area is 110 Å². The monoisotopic (exact) mass is 247 g/mol. The second-order valence-electron chi connectivity index (χ2n) is 5.98. The van der Waals surface area contributed by atoms with Crippen molar-refractivity contribution < 1.29 is 0 Å². The summed E-state index contributed by atoms with van der Waals surface area (Å²) >= 11 is 0. The van der Waals surface area contributed by atoms with E-state index in [4.69, 9.17) is 4.98 Å². The van der Waals surface area contributed by atoms with Crippen molar-refractivity contribution in [3.05, 3.63) is 17.7 Å². The van der Waals surface area contributed by atoms with Crippen LogP contribution >= 0.6 is 0 Å². The Hall–Kier alpha value is -0.830. The van der Waals surface area contributed by atoms with E-state index in [9.17, 15) is 0 Å². The number of nitrogens with one attached hydrogen (secondary N) is 1. The molecule has 1 N–H and O–H groups in total. The molecule has 0 spiro atoms. The fraction of sp³-hybridized carbons (Fsp3) is 0.800. The average Bonchev–Trinajstić information content (AvgIpc) is 2.83. The molecule has 1 aromatic rings. The van der Waals surface area contributed by atoms with Crippen LogP contribution in [0.4, 0.5) is 0 Å². The molecule has 3 rings (SSSR count). The Balaban J connectivity index is 1.78. The first-order valence-corrected chi connectivity index (χ1v) is 7.58. The normalized spacial score (nSPS) is 26.4. The maximum absolute atomic E-state index is 4.74. The second kappa shape index (κ2) is 5.43. The predicted molar refractivity (Wildman–Crippen MR) is 73.9 cm³/mol. The number of rotatable bonds is 2. The summed E-state index contributed by atoms with van der Waals surface area (Å²) in [6.07, 6.45) is 11.7. The van der Waals surface area contributed by atoms with Crippen LogP contribution in [0.3, 0.4) is 0 Å². The third kappa shape index (κ3) is 2.33. The van der Waals surface area contributed by atoms with Crippen LogP contribution in [0.5, 0.6) is 0 Å². The second-order valence-corrected chi connectivity index (χ2v) is 5.98. The number of hydrogen-bond acceptors (Lipinski definition) is 2. The Bertz CT molecular complexity index is 349. The third-order valence-corrected chi connectivity index (χ3v) is 4.75. The van der Waals surface area contributed by atoms with Gasteiger partial charge in [-0.1, -0.05) is 19.3 Å². The standard InChI is InChI=1S/C15H25N3/c1-18-14(12-6-3-2-4-7-12)11-17-15(18)13-8-5-9-16-10-13/h11-13,16H,2-10H2,1H3. The van der Waals surface area contributed by atoms with Gasteiger partial charge >= 0.3 is 0 Å². The zero-order chi connectivity index (χ0) is 12.4. The van der Waals surface area contributed by atoms with Crippen molar-refractivity contribution in [3.8, 4) is 0 Å². The van der Waals surface area contributed by atoms with Gasteiger partial charge in [0.1, 0.15) is 5.82 Å². The van der Waals surface area contributed by atoms with Gasteiger partial charge in [0.25, 0.3) is 0 Å². The minimum absolute atomic E-state index is 0.626. The van der Waals surface area contributed by atoms with Gasteiger partial charge in [-0.2, -0.15) is 0 Å². The number of piperidine rings is 1. The number of hydrogen-bond donors (Lipinski definition) is 1. The molecule has 0 amide bonds. The molecule has 0 bridgehead atoms. The third-order valence-electron chi connectivity index (χ3n) is 4.75. The highest BCUT2D eigenvalue weighted by Crippen LogP contribution is 2.34. The van der Waals surface area contributed by atoms with Gasteiger partial charge in [0.15, 0.2) is 0 Å². The van der Waals surface area contributed by atoms with E-state index in [-0.39, 0.29) is 0 Å². The SMILES string of the molecule is Cn1c(C2CCCCC2)cnc1C1CCCNC1. The smallest absolute Gasteiger partial charge is 0.113 e. The van der Waals surface area contributed by atoms with Crippen molar-refractivity contribution in [1.82, 2.24) is 14.9 Å². The van der Waals surface area contributed by atoms with Crippen molar-refractivity contribution >= 4 is 0 Å². The fourth-order valence-electron chi connectivity index (χ4n) is 3.67. The number of nitrogens with zero attached hydrogens (tertiary/aromatic N) is 2. The summed E-state index contributed by atoms with van der Waals surface area (Å²) in [6.45, 7) is 2.28.